The maximum absolute atomic E-state index is 10.3. The molecule has 0 N–H and O–H groups in total. The van der Waals surface area contributed by atoms with E-state index in [0.717, 1.165) is 0 Å². The molecule has 0 aliphatic heterocycles. The Morgan fingerprint density at radius 2 is 1.25 bits per heavy atom. The number of hydrogen-bond acceptors (Lipinski definition) is 4. The molecular formula is C6H16O4S2. The van der Waals surface area contributed by atoms with Crippen LogP contribution in [0.3, 0.4) is 0 Å². The second-order valence-corrected chi connectivity index (χ2v) is 4.12. The van der Waals surface area contributed by atoms with E-state index in [-0.39, 0.29) is 0 Å². The second kappa shape index (κ2) is 11.2. The van der Waals surface area contributed by atoms with Crippen LogP contribution in [0.5, 0.6) is 0 Å². The van der Waals surface area contributed by atoms with Gasteiger partial charge in [-0.05, 0) is 13.8 Å². The summed E-state index contributed by atoms with van der Waals surface area (Å²) >= 11 is -1.52. The topological polar surface area (TPSA) is 52.6 Å². The van der Waals surface area contributed by atoms with Crippen LogP contribution in [0.25, 0.3) is 0 Å². The first-order valence-corrected chi connectivity index (χ1v) is 6.44. The van der Waals surface area contributed by atoms with Crippen molar-refractivity contribution < 1.29 is 16.8 Å². The summed E-state index contributed by atoms with van der Waals surface area (Å²) in [4.78, 5) is 0. The number of hydrogen-bond donors (Lipinski definition) is 0. The van der Waals surface area contributed by atoms with Crippen molar-refractivity contribution in [3.63, 3.8) is 0 Å². The lowest BCUT2D eigenvalue weighted by Gasteiger charge is -1.95. The molecule has 0 amide bonds. The zero-order valence-corrected chi connectivity index (χ0v) is 9.50. The molecule has 12 heavy (non-hydrogen) atoms. The van der Waals surface area contributed by atoms with Crippen LogP contribution in [-0.2, 0) is 30.5 Å². The van der Waals surface area contributed by atoms with Crippen LogP contribution in [0.1, 0.15) is 13.8 Å². The van der Waals surface area contributed by atoms with Gasteiger partial charge in [-0.25, -0.2) is 0 Å². The third-order valence-electron chi connectivity index (χ3n) is 0.428. The average molecular weight is 216 g/mol. The molecule has 0 spiro atoms. The quantitative estimate of drug-likeness (QED) is 0.692. The van der Waals surface area contributed by atoms with Gasteiger partial charge in [0.25, 0.3) is 0 Å². The highest BCUT2D eigenvalue weighted by Gasteiger charge is 1.92. The Labute approximate surface area is 79.0 Å². The second-order valence-electron chi connectivity index (χ2n) is 1.76. The smallest absolute Gasteiger partial charge is 0.269 e. The van der Waals surface area contributed by atoms with Crippen LogP contribution in [0.4, 0.5) is 0 Å². The van der Waals surface area contributed by atoms with Crippen LogP contribution in [-0.4, -0.2) is 34.1 Å². The Morgan fingerprint density at radius 1 is 1.00 bits per heavy atom. The molecule has 6 heteroatoms. The Hall–Kier alpha value is 0.220. The van der Waals surface area contributed by atoms with Gasteiger partial charge < -0.3 is 0 Å². The first-order valence-electron chi connectivity index (χ1n) is 3.47. The summed E-state index contributed by atoms with van der Waals surface area (Å²) in [7, 11) is -0.611. The highest BCUT2D eigenvalue weighted by atomic mass is 32.2. The molecule has 0 bridgehead atoms. The van der Waals surface area contributed by atoms with Gasteiger partial charge in [0.2, 0.25) is 0 Å². The summed E-state index contributed by atoms with van der Waals surface area (Å²) < 4.78 is 28.9. The molecule has 0 aromatic carbocycles. The first-order chi connectivity index (χ1) is 5.54. The third kappa shape index (κ3) is 22.5. The standard InChI is InChI=1S/C4H10O3S.C2H6OS/c1-3-6-8(5)7-4-2;1-4(2)3/h3-4H2,1-2H3;1-2H3. The first kappa shape index (κ1) is 14.7. The molecule has 0 aromatic rings. The maximum Gasteiger partial charge on any atom is 0.304 e. The largest absolute Gasteiger partial charge is 0.304 e. The van der Waals surface area contributed by atoms with Gasteiger partial charge in [-0.15, -0.1) is 0 Å². The van der Waals surface area contributed by atoms with Crippen molar-refractivity contribution in [1.82, 2.24) is 0 Å². The minimum absolute atomic E-state index is 0.423. The summed E-state index contributed by atoms with van der Waals surface area (Å²) in [6.07, 6.45) is 3.28. The van der Waals surface area contributed by atoms with Crippen molar-refractivity contribution in [3.05, 3.63) is 0 Å². The molecule has 0 saturated carbocycles. The monoisotopic (exact) mass is 216 g/mol. The maximum atomic E-state index is 10.3. The minimum Gasteiger partial charge on any atom is -0.269 e. The van der Waals surface area contributed by atoms with Crippen molar-refractivity contribution in [2.24, 2.45) is 0 Å². The van der Waals surface area contributed by atoms with Gasteiger partial charge in [0.15, 0.2) is 0 Å². The van der Waals surface area contributed by atoms with Gasteiger partial charge in [-0.3, -0.25) is 12.6 Å². The van der Waals surface area contributed by atoms with Crippen LogP contribution in [0.15, 0.2) is 0 Å². The summed E-state index contributed by atoms with van der Waals surface area (Å²) in [6, 6.07) is 0. The Kier molecular flexibility index (Phi) is 13.8. The molecule has 0 fully saturated rings. The molecule has 0 aliphatic carbocycles. The molecular weight excluding hydrogens is 200 g/mol. The van der Waals surface area contributed by atoms with Crippen LogP contribution in [0, 0.1) is 0 Å². The van der Waals surface area contributed by atoms with E-state index in [1.54, 1.807) is 26.4 Å². The van der Waals surface area contributed by atoms with Crippen LogP contribution >= 0.6 is 0 Å². The zero-order chi connectivity index (χ0) is 9.98. The number of rotatable bonds is 4. The highest BCUT2D eigenvalue weighted by Crippen LogP contribution is 1.85. The van der Waals surface area contributed by atoms with E-state index in [1.807, 2.05) is 0 Å². The molecule has 0 saturated heterocycles. The van der Waals surface area contributed by atoms with Gasteiger partial charge >= 0.3 is 11.4 Å². The van der Waals surface area contributed by atoms with E-state index in [9.17, 15) is 8.42 Å². The lowest BCUT2D eigenvalue weighted by Crippen LogP contribution is -2.00. The van der Waals surface area contributed by atoms with E-state index in [0.29, 0.717) is 13.2 Å². The SMILES string of the molecule is CCOS(=O)OCC.CS(C)=O. The fourth-order valence-corrected chi connectivity index (χ4v) is 0.679. The predicted octanol–water partition coefficient (Wildman–Crippen LogP) is 0.633. The zero-order valence-electron chi connectivity index (χ0n) is 7.86. The third-order valence-corrected chi connectivity index (χ3v) is 1.28. The fourth-order valence-electron chi connectivity index (χ4n) is 0.226. The molecule has 0 rings (SSSR count). The van der Waals surface area contributed by atoms with Gasteiger partial charge in [0, 0.05) is 23.3 Å². The average Bonchev–Trinajstić information content (AvgIpc) is 1.87. The molecule has 0 atom stereocenters. The summed E-state index contributed by atoms with van der Waals surface area (Å²) in [6.45, 7) is 4.37. The normalized spacial score (nSPS) is 9.83. The van der Waals surface area contributed by atoms with Crippen molar-refractivity contribution in [2.75, 3.05) is 25.7 Å². The molecule has 0 heterocycles. The van der Waals surface area contributed by atoms with Gasteiger partial charge in [0.05, 0.1) is 13.2 Å². The molecule has 4 nitrogen and oxygen atoms in total. The van der Waals surface area contributed by atoms with Gasteiger partial charge in [-0.1, -0.05) is 0 Å². The lowest BCUT2D eigenvalue weighted by molar-refractivity contribution is 0.269. The fraction of sp³-hybridized carbons (Fsp3) is 1.00. The van der Waals surface area contributed by atoms with Crippen molar-refractivity contribution >= 4 is 22.2 Å². The molecule has 0 aromatic heterocycles. The predicted molar refractivity (Wildman–Crippen MR) is 51.4 cm³/mol. The van der Waals surface area contributed by atoms with E-state index in [4.69, 9.17) is 0 Å². The van der Waals surface area contributed by atoms with Gasteiger partial charge in [-0.2, -0.15) is 4.21 Å². The summed E-state index contributed by atoms with van der Waals surface area (Å²) in [5.74, 6) is 0. The summed E-state index contributed by atoms with van der Waals surface area (Å²) in [5.41, 5.74) is 0. The summed E-state index contributed by atoms with van der Waals surface area (Å²) in [5, 5.41) is 0. The van der Waals surface area contributed by atoms with Gasteiger partial charge in [0.1, 0.15) is 0 Å². The molecule has 0 unspecified atom stereocenters. The minimum atomic E-state index is -1.52. The Balaban J connectivity index is 0. The van der Waals surface area contributed by atoms with E-state index < -0.39 is 22.2 Å². The van der Waals surface area contributed by atoms with Crippen LogP contribution < -0.4 is 0 Å². The van der Waals surface area contributed by atoms with E-state index in [2.05, 4.69) is 8.37 Å². The van der Waals surface area contributed by atoms with Crippen molar-refractivity contribution in [3.8, 4) is 0 Å². The highest BCUT2D eigenvalue weighted by molar-refractivity contribution is 7.83. The molecule has 76 valence electrons. The van der Waals surface area contributed by atoms with Crippen LogP contribution in [0.2, 0.25) is 0 Å². The van der Waals surface area contributed by atoms with E-state index >= 15 is 0 Å². The van der Waals surface area contributed by atoms with Crippen molar-refractivity contribution in [1.29, 1.82) is 0 Å². The molecule has 0 radical (unpaired) electrons. The Bertz CT molecular complexity index is 126. The van der Waals surface area contributed by atoms with Crippen molar-refractivity contribution in [2.45, 2.75) is 13.8 Å². The van der Waals surface area contributed by atoms with E-state index in [1.165, 1.54) is 0 Å². The Morgan fingerprint density at radius 3 is 1.42 bits per heavy atom. The molecule has 0 aliphatic rings. The lowest BCUT2D eigenvalue weighted by atomic mass is 10.9.